The molecule has 0 saturated carbocycles. The molecule has 10 heavy (non-hydrogen) atoms. The molecule has 0 heterocycles. The van der Waals surface area contributed by atoms with Gasteiger partial charge in [0.15, 0.2) is 0 Å². The summed E-state index contributed by atoms with van der Waals surface area (Å²) >= 11 is 3.23. The average Bonchev–Trinajstić information content (AvgIpc) is 2.05. The second-order valence-corrected chi connectivity index (χ2v) is 3.36. The summed E-state index contributed by atoms with van der Waals surface area (Å²) in [6.45, 7) is 0. The fourth-order valence-electron chi connectivity index (χ4n) is 0.598. The molecule has 0 N–H and O–H groups in total. The number of carbonyl (C=O) groups is 1. The number of rotatable bonds is 2. The molecular weight excluding hydrogens is 212 g/mol. The van der Waals surface area contributed by atoms with Crippen LogP contribution in [0.2, 0.25) is 0 Å². The summed E-state index contributed by atoms with van der Waals surface area (Å²) in [7, 11) is 1.48. The van der Waals surface area contributed by atoms with Crippen molar-refractivity contribution in [3.63, 3.8) is 0 Å². The summed E-state index contributed by atoms with van der Waals surface area (Å²) in [6.07, 6.45) is 0.836. The van der Waals surface area contributed by atoms with Gasteiger partial charge in [-0.25, -0.2) is 0 Å². The fourth-order valence-corrected chi connectivity index (χ4v) is 1.48. The lowest BCUT2D eigenvalue weighted by Gasteiger charge is -1.92. The Balaban J connectivity index is 2.90. The maximum Gasteiger partial charge on any atom is 0.150 e. The smallest absolute Gasteiger partial charge is 0.150 e. The van der Waals surface area contributed by atoms with E-state index in [9.17, 15) is 4.79 Å². The summed E-state index contributed by atoms with van der Waals surface area (Å²) in [5.74, 6) is 0. The first-order valence-corrected chi connectivity index (χ1v) is 5.36. The second kappa shape index (κ2) is 3.78. The Morgan fingerprint density at radius 3 is 2.30 bits per heavy atom. The molecule has 1 nitrogen and oxygen atoms in total. The van der Waals surface area contributed by atoms with Crippen molar-refractivity contribution in [1.82, 2.24) is 0 Å². The molecule has 0 bridgehead atoms. The van der Waals surface area contributed by atoms with Crippen LogP contribution in [0, 0.1) is 0 Å². The van der Waals surface area contributed by atoms with E-state index in [0.29, 0.717) is 5.56 Å². The van der Waals surface area contributed by atoms with Gasteiger partial charge < -0.3 is 0 Å². The van der Waals surface area contributed by atoms with Gasteiger partial charge in [0, 0.05) is 10.5 Å². The van der Waals surface area contributed by atoms with Crippen molar-refractivity contribution < 1.29 is 4.79 Å². The third-order valence-electron chi connectivity index (χ3n) is 1.11. The normalized spacial score (nSPS) is 9.30. The Kier molecular flexibility index (Phi) is 2.96. The van der Waals surface area contributed by atoms with Crippen LogP contribution >= 0.6 is 25.0 Å². The molecule has 1 aromatic carbocycles. The molecule has 0 atom stereocenters. The van der Waals surface area contributed by atoms with E-state index in [1.165, 1.54) is 10.2 Å². The van der Waals surface area contributed by atoms with Gasteiger partial charge in [-0.1, -0.05) is 12.1 Å². The predicted molar refractivity (Wildman–Crippen MR) is 46.6 cm³/mol. The van der Waals surface area contributed by atoms with Gasteiger partial charge in [-0.15, -0.1) is 0 Å². The molecule has 0 aromatic heterocycles. The standard InChI is InChI=1S/C7H5BrOS/c8-10-7-3-1-6(5-9)2-4-7/h1-5H. The molecule has 0 amide bonds. The predicted octanol–water partition coefficient (Wildman–Crippen LogP) is 2.90. The Morgan fingerprint density at radius 1 is 1.30 bits per heavy atom. The van der Waals surface area contributed by atoms with Crippen molar-refractivity contribution in [3.8, 4) is 0 Å². The van der Waals surface area contributed by atoms with Crippen LogP contribution < -0.4 is 0 Å². The zero-order valence-corrected chi connectivity index (χ0v) is 7.48. The SMILES string of the molecule is O=Cc1ccc(SBr)cc1. The number of aldehydes is 1. The fraction of sp³-hybridized carbons (Fsp3) is 0. The molecule has 0 saturated heterocycles. The van der Waals surface area contributed by atoms with Crippen LogP contribution in [0.4, 0.5) is 0 Å². The van der Waals surface area contributed by atoms with Crippen LogP contribution in [0.1, 0.15) is 10.4 Å². The molecule has 0 aliphatic carbocycles. The van der Waals surface area contributed by atoms with E-state index in [2.05, 4.69) is 14.8 Å². The van der Waals surface area contributed by atoms with Crippen molar-refractivity contribution in [2.45, 2.75) is 4.90 Å². The Hall–Kier alpha value is -0.280. The molecule has 3 heteroatoms. The molecule has 0 aliphatic heterocycles. The first kappa shape index (κ1) is 7.82. The molecule has 0 fully saturated rings. The minimum atomic E-state index is 0.713. The quantitative estimate of drug-likeness (QED) is 0.708. The first-order chi connectivity index (χ1) is 4.86. The minimum absolute atomic E-state index is 0.713. The molecular formula is C7H5BrOS. The Morgan fingerprint density at radius 2 is 1.90 bits per heavy atom. The largest absolute Gasteiger partial charge is 0.298 e. The van der Waals surface area contributed by atoms with Gasteiger partial charge in [-0.2, -0.15) is 0 Å². The van der Waals surface area contributed by atoms with Crippen molar-refractivity contribution in [2.75, 3.05) is 0 Å². The highest BCUT2D eigenvalue weighted by molar-refractivity contribution is 9.50. The van der Waals surface area contributed by atoms with Crippen molar-refractivity contribution in [1.29, 1.82) is 0 Å². The Bertz CT molecular complexity index is 220. The first-order valence-electron chi connectivity index (χ1n) is 2.70. The molecule has 1 rings (SSSR count). The maximum absolute atomic E-state index is 10.2. The van der Waals surface area contributed by atoms with Gasteiger partial charge in [0.1, 0.15) is 6.29 Å². The highest BCUT2D eigenvalue weighted by Crippen LogP contribution is 2.23. The number of carbonyl (C=O) groups excluding carboxylic acids is 1. The summed E-state index contributed by atoms with van der Waals surface area (Å²) in [6, 6.07) is 7.36. The van der Waals surface area contributed by atoms with Crippen LogP contribution in [-0.2, 0) is 0 Å². The van der Waals surface area contributed by atoms with Crippen LogP contribution in [0.3, 0.4) is 0 Å². The number of hydrogen-bond acceptors (Lipinski definition) is 2. The highest BCUT2D eigenvalue weighted by Gasteiger charge is 1.90. The third kappa shape index (κ3) is 1.85. The van der Waals surface area contributed by atoms with Crippen LogP contribution in [-0.4, -0.2) is 6.29 Å². The lowest BCUT2D eigenvalue weighted by molar-refractivity contribution is 0.112. The lowest BCUT2D eigenvalue weighted by atomic mass is 10.2. The number of hydrogen-bond donors (Lipinski definition) is 0. The zero-order valence-electron chi connectivity index (χ0n) is 5.08. The van der Waals surface area contributed by atoms with Crippen molar-refractivity contribution >= 4 is 31.3 Å². The highest BCUT2D eigenvalue weighted by atomic mass is 79.9. The van der Waals surface area contributed by atoms with E-state index in [-0.39, 0.29) is 0 Å². The molecule has 1 aromatic rings. The summed E-state index contributed by atoms with van der Waals surface area (Å²) < 4.78 is 0. The van der Waals surface area contributed by atoms with E-state index in [0.717, 1.165) is 11.2 Å². The van der Waals surface area contributed by atoms with E-state index >= 15 is 0 Å². The Labute approximate surface area is 71.0 Å². The number of halogens is 1. The molecule has 0 unspecified atom stereocenters. The van der Waals surface area contributed by atoms with E-state index < -0.39 is 0 Å². The summed E-state index contributed by atoms with van der Waals surface area (Å²) in [5.41, 5.74) is 0.713. The van der Waals surface area contributed by atoms with Crippen molar-refractivity contribution in [2.24, 2.45) is 0 Å². The summed E-state index contributed by atoms with van der Waals surface area (Å²) in [4.78, 5) is 11.3. The van der Waals surface area contributed by atoms with Gasteiger partial charge in [0.05, 0.1) is 0 Å². The van der Waals surface area contributed by atoms with Gasteiger partial charge in [0.25, 0.3) is 0 Å². The molecule has 0 aliphatic rings. The van der Waals surface area contributed by atoms with Gasteiger partial charge in [0.2, 0.25) is 0 Å². The molecule has 52 valence electrons. The number of benzene rings is 1. The third-order valence-corrected chi connectivity index (χ3v) is 2.68. The van der Waals surface area contributed by atoms with Crippen LogP contribution in [0.25, 0.3) is 0 Å². The van der Waals surface area contributed by atoms with Gasteiger partial charge >= 0.3 is 0 Å². The summed E-state index contributed by atoms with van der Waals surface area (Å²) in [5, 5.41) is 0. The van der Waals surface area contributed by atoms with Crippen LogP contribution in [0.5, 0.6) is 0 Å². The second-order valence-electron chi connectivity index (χ2n) is 1.76. The van der Waals surface area contributed by atoms with E-state index in [4.69, 9.17) is 0 Å². The average molecular weight is 217 g/mol. The topological polar surface area (TPSA) is 17.1 Å². The van der Waals surface area contributed by atoms with E-state index in [1.807, 2.05) is 12.1 Å². The van der Waals surface area contributed by atoms with Gasteiger partial charge in [-0.3, -0.25) is 4.79 Å². The minimum Gasteiger partial charge on any atom is -0.298 e. The zero-order chi connectivity index (χ0) is 7.40. The molecule has 0 radical (unpaired) electrons. The monoisotopic (exact) mass is 216 g/mol. The van der Waals surface area contributed by atoms with Gasteiger partial charge in [-0.05, 0) is 37.1 Å². The van der Waals surface area contributed by atoms with Crippen LogP contribution in [0.15, 0.2) is 29.2 Å². The lowest BCUT2D eigenvalue weighted by Crippen LogP contribution is -1.76. The maximum atomic E-state index is 10.2. The van der Waals surface area contributed by atoms with E-state index in [1.54, 1.807) is 12.1 Å². The van der Waals surface area contributed by atoms with Crippen molar-refractivity contribution in [3.05, 3.63) is 29.8 Å². The molecule has 0 spiro atoms.